The van der Waals surface area contributed by atoms with E-state index >= 15 is 0 Å². The van der Waals surface area contributed by atoms with Crippen LogP contribution >= 0.6 is 0 Å². The second-order valence-corrected chi connectivity index (χ2v) is 6.23. The highest BCUT2D eigenvalue weighted by molar-refractivity contribution is 5.90. The molecule has 1 N–H and O–H groups in total. The van der Waals surface area contributed by atoms with Gasteiger partial charge in [0.1, 0.15) is 6.10 Å². The van der Waals surface area contributed by atoms with E-state index in [9.17, 15) is 9.59 Å². The first-order valence-electron chi connectivity index (χ1n) is 8.21. The zero-order chi connectivity index (χ0) is 17.4. The molecule has 7 nitrogen and oxygen atoms in total. The summed E-state index contributed by atoms with van der Waals surface area (Å²) < 4.78 is 13.1. The summed E-state index contributed by atoms with van der Waals surface area (Å²) >= 11 is 0. The zero-order valence-electron chi connectivity index (χ0n) is 13.9. The van der Waals surface area contributed by atoms with E-state index in [1.54, 1.807) is 4.90 Å². The quantitative estimate of drug-likeness (QED) is 0.926. The number of carbonyl (C=O) groups is 2. The molecule has 0 unspecified atom stereocenters. The fourth-order valence-electron chi connectivity index (χ4n) is 3.20. The van der Waals surface area contributed by atoms with Gasteiger partial charge in [0, 0.05) is 30.1 Å². The molecule has 1 fully saturated rings. The van der Waals surface area contributed by atoms with Crippen molar-refractivity contribution in [2.75, 3.05) is 18.0 Å². The van der Waals surface area contributed by atoms with E-state index in [2.05, 4.69) is 9.88 Å². The Kier molecular flexibility index (Phi) is 3.93. The highest BCUT2D eigenvalue weighted by Gasteiger charge is 2.32. The highest BCUT2D eigenvalue weighted by Crippen LogP contribution is 2.29. The zero-order valence-corrected chi connectivity index (χ0v) is 13.9. The first-order chi connectivity index (χ1) is 12.1. The lowest BCUT2D eigenvalue weighted by Gasteiger charge is -2.17. The maximum atomic E-state index is 12.2. The molecule has 7 heteroatoms. The molecule has 0 radical (unpaired) electrons. The van der Waals surface area contributed by atoms with E-state index in [-0.39, 0.29) is 12.0 Å². The lowest BCUT2D eigenvalue weighted by atomic mass is 10.1. The number of nitrogens with zero attached hydrogens (tertiary/aromatic N) is 2. The molecule has 2 amide bonds. The molecule has 4 rings (SSSR count). The van der Waals surface area contributed by atoms with Crippen molar-refractivity contribution in [2.45, 2.75) is 26.2 Å². The molecule has 2 aliphatic rings. The van der Waals surface area contributed by atoms with Gasteiger partial charge in [0.2, 0.25) is 5.91 Å². The SMILES string of the molecule is CC(=O)NC[C@H]1CN(c2ccc3c(c2)-n2cccc2COC3)C(=O)O1. The summed E-state index contributed by atoms with van der Waals surface area (Å²) in [5, 5.41) is 2.68. The van der Waals surface area contributed by atoms with Gasteiger partial charge >= 0.3 is 6.09 Å². The van der Waals surface area contributed by atoms with E-state index in [0.717, 1.165) is 22.6 Å². The number of carbonyl (C=O) groups excluding carboxylic acids is 2. The Labute approximate surface area is 145 Å². The molecule has 25 heavy (non-hydrogen) atoms. The Morgan fingerprint density at radius 1 is 1.32 bits per heavy atom. The average molecular weight is 341 g/mol. The third-order valence-electron chi connectivity index (χ3n) is 4.43. The summed E-state index contributed by atoms with van der Waals surface area (Å²) in [7, 11) is 0. The number of amides is 2. The lowest BCUT2D eigenvalue weighted by molar-refractivity contribution is -0.119. The molecule has 1 saturated heterocycles. The van der Waals surface area contributed by atoms with Gasteiger partial charge in [-0.05, 0) is 24.3 Å². The van der Waals surface area contributed by atoms with Crippen LogP contribution in [0.5, 0.6) is 0 Å². The number of hydrogen-bond donors (Lipinski definition) is 1. The van der Waals surface area contributed by atoms with E-state index in [0.29, 0.717) is 26.3 Å². The van der Waals surface area contributed by atoms with Crippen LogP contribution in [0.4, 0.5) is 10.5 Å². The van der Waals surface area contributed by atoms with Crippen LogP contribution in [0.25, 0.3) is 5.69 Å². The van der Waals surface area contributed by atoms with Crippen molar-refractivity contribution < 1.29 is 19.1 Å². The monoisotopic (exact) mass is 341 g/mol. The maximum absolute atomic E-state index is 12.2. The van der Waals surface area contributed by atoms with Crippen LogP contribution in [-0.2, 0) is 27.5 Å². The smallest absolute Gasteiger partial charge is 0.414 e. The number of fused-ring (bicyclic) bond motifs is 3. The van der Waals surface area contributed by atoms with Crippen LogP contribution in [0.2, 0.25) is 0 Å². The molecular weight excluding hydrogens is 322 g/mol. The summed E-state index contributed by atoms with van der Waals surface area (Å²) in [6.07, 6.45) is 1.25. The molecule has 0 saturated carbocycles. The predicted octanol–water partition coefficient (Wildman–Crippen LogP) is 1.97. The minimum atomic E-state index is -0.395. The van der Waals surface area contributed by atoms with Crippen LogP contribution in [0.3, 0.4) is 0 Å². The van der Waals surface area contributed by atoms with Gasteiger partial charge in [0.15, 0.2) is 0 Å². The summed E-state index contributed by atoms with van der Waals surface area (Å²) in [4.78, 5) is 24.9. The fraction of sp³-hybridized carbons (Fsp3) is 0.333. The molecule has 0 spiro atoms. The van der Waals surface area contributed by atoms with Crippen LogP contribution in [-0.4, -0.2) is 35.8 Å². The molecule has 0 bridgehead atoms. The van der Waals surface area contributed by atoms with Gasteiger partial charge in [0.05, 0.1) is 32.0 Å². The van der Waals surface area contributed by atoms with Crippen molar-refractivity contribution >= 4 is 17.7 Å². The number of cyclic esters (lactones) is 1. The van der Waals surface area contributed by atoms with Crippen molar-refractivity contribution in [3.63, 3.8) is 0 Å². The molecule has 3 heterocycles. The van der Waals surface area contributed by atoms with Crippen LogP contribution in [0.1, 0.15) is 18.2 Å². The predicted molar refractivity (Wildman–Crippen MR) is 90.6 cm³/mol. The highest BCUT2D eigenvalue weighted by atomic mass is 16.6. The Morgan fingerprint density at radius 2 is 2.20 bits per heavy atom. The Hall–Kier alpha value is -2.80. The van der Waals surface area contributed by atoms with Crippen molar-refractivity contribution in [3.8, 4) is 5.69 Å². The largest absolute Gasteiger partial charge is 0.442 e. The maximum Gasteiger partial charge on any atom is 0.414 e. The fourth-order valence-corrected chi connectivity index (χ4v) is 3.20. The standard InChI is InChI=1S/C18H19N3O4/c1-12(22)19-8-16-9-21(18(23)25-16)14-5-4-13-10-24-11-15-3-2-6-20(15)17(13)7-14/h2-7,16H,8-11H2,1H3,(H,19,22)/t16-/m0/s1. The number of benzene rings is 1. The number of aromatic nitrogens is 1. The molecule has 1 aromatic carbocycles. The molecule has 2 aliphatic heterocycles. The number of anilines is 1. The van der Waals surface area contributed by atoms with Gasteiger partial charge in [0.25, 0.3) is 0 Å². The average Bonchev–Trinajstić information content (AvgIpc) is 3.16. The van der Waals surface area contributed by atoms with Crippen LogP contribution in [0.15, 0.2) is 36.5 Å². The number of ether oxygens (including phenoxy) is 2. The van der Waals surface area contributed by atoms with Crippen LogP contribution in [0, 0.1) is 0 Å². The second-order valence-electron chi connectivity index (χ2n) is 6.23. The summed E-state index contributed by atoms with van der Waals surface area (Å²) in [6.45, 7) is 3.26. The summed E-state index contributed by atoms with van der Waals surface area (Å²) in [5.74, 6) is -0.139. The Morgan fingerprint density at radius 3 is 3.04 bits per heavy atom. The van der Waals surface area contributed by atoms with Gasteiger partial charge in [-0.15, -0.1) is 0 Å². The van der Waals surface area contributed by atoms with Gasteiger partial charge in [-0.3, -0.25) is 9.69 Å². The van der Waals surface area contributed by atoms with E-state index in [4.69, 9.17) is 9.47 Å². The lowest BCUT2D eigenvalue weighted by Crippen LogP contribution is -2.33. The molecule has 130 valence electrons. The summed E-state index contributed by atoms with van der Waals surface area (Å²) in [5.41, 5.74) is 3.92. The molecule has 1 aromatic heterocycles. The van der Waals surface area contributed by atoms with E-state index < -0.39 is 6.09 Å². The summed E-state index contributed by atoms with van der Waals surface area (Å²) in [6, 6.07) is 9.87. The van der Waals surface area contributed by atoms with Crippen molar-refractivity contribution in [2.24, 2.45) is 0 Å². The third-order valence-corrected chi connectivity index (χ3v) is 4.43. The van der Waals surface area contributed by atoms with E-state index in [1.807, 2.05) is 36.5 Å². The van der Waals surface area contributed by atoms with Gasteiger partial charge < -0.3 is 19.4 Å². The van der Waals surface area contributed by atoms with Gasteiger partial charge in [-0.1, -0.05) is 6.07 Å². The van der Waals surface area contributed by atoms with E-state index in [1.165, 1.54) is 6.92 Å². The number of hydrogen-bond acceptors (Lipinski definition) is 4. The molecule has 0 aliphatic carbocycles. The first kappa shape index (κ1) is 15.7. The molecule has 1 atom stereocenters. The first-order valence-corrected chi connectivity index (χ1v) is 8.21. The van der Waals surface area contributed by atoms with Gasteiger partial charge in [-0.2, -0.15) is 0 Å². The Bertz CT molecular complexity index is 829. The second kappa shape index (κ2) is 6.25. The molecular formula is C18H19N3O4. The van der Waals surface area contributed by atoms with Crippen molar-refractivity contribution in [1.82, 2.24) is 9.88 Å². The van der Waals surface area contributed by atoms with Crippen LogP contribution < -0.4 is 10.2 Å². The normalized spacial score (nSPS) is 19.0. The number of rotatable bonds is 3. The minimum Gasteiger partial charge on any atom is -0.442 e. The number of nitrogens with one attached hydrogen (secondary N) is 1. The topological polar surface area (TPSA) is 72.8 Å². The molecule has 2 aromatic rings. The Balaban J connectivity index is 1.61. The third kappa shape index (κ3) is 2.98. The van der Waals surface area contributed by atoms with Crippen molar-refractivity contribution in [1.29, 1.82) is 0 Å². The van der Waals surface area contributed by atoms with Gasteiger partial charge in [-0.25, -0.2) is 4.79 Å². The van der Waals surface area contributed by atoms with Crippen molar-refractivity contribution in [3.05, 3.63) is 47.8 Å². The minimum absolute atomic E-state index is 0.139.